The van der Waals surface area contributed by atoms with Crippen molar-refractivity contribution in [3.05, 3.63) is 52.7 Å². The van der Waals surface area contributed by atoms with Gasteiger partial charge >= 0.3 is 5.97 Å². The van der Waals surface area contributed by atoms with E-state index in [1.165, 1.54) is 18.2 Å². The number of carboxylic acids is 1. The second-order valence-corrected chi connectivity index (χ2v) is 3.99. The van der Waals surface area contributed by atoms with Gasteiger partial charge in [-0.3, -0.25) is 0 Å². The number of carboxylic acid groups (broad SMARTS) is 1. The Morgan fingerprint density at radius 1 is 1.37 bits per heavy atom. The molecule has 0 bridgehead atoms. The van der Waals surface area contributed by atoms with Gasteiger partial charge in [0.05, 0.1) is 16.9 Å². The van der Waals surface area contributed by atoms with Gasteiger partial charge in [-0.2, -0.15) is 0 Å². The number of aromatic carboxylic acids is 1. The molecule has 2 N–H and O–H groups in total. The summed E-state index contributed by atoms with van der Waals surface area (Å²) in [6.07, 6.45) is 0.831. The maximum Gasteiger partial charge on any atom is 0.339 e. The number of rotatable bonds is 3. The fourth-order valence-corrected chi connectivity index (χ4v) is 1.60. The van der Waals surface area contributed by atoms with Gasteiger partial charge in [-0.1, -0.05) is 17.7 Å². The number of hydrogen-bond donors (Lipinski definition) is 2. The highest BCUT2D eigenvalue weighted by Crippen LogP contribution is 2.26. The van der Waals surface area contributed by atoms with Crippen LogP contribution in [0, 0.1) is 11.6 Å². The van der Waals surface area contributed by atoms with Gasteiger partial charge in [-0.15, -0.1) is 0 Å². The molecule has 4 nitrogen and oxygen atoms in total. The van der Waals surface area contributed by atoms with Crippen LogP contribution in [0.1, 0.15) is 10.4 Å². The first-order valence-electron chi connectivity index (χ1n) is 5.09. The van der Waals surface area contributed by atoms with E-state index >= 15 is 0 Å². The molecule has 19 heavy (non-hydrogen) atoms. The van der Waals surface area contributed by atoms with Crippen LogP contribution in [-0.2, 0) is 0 Å². The van der Waals surface area contributed by atoms with Crippen LogP contribution in [0.15, 0.2) is 30.5 Å². The molecule has 98 valence electrons. The Hall–Kier alpha value is -2.21. The van der Waals surface area contributed by atoms with Crippen LogP contribution in [0.2, 0.25) is 5.02 Å². The number of halogens is 3. The molecule has 0 aliphatic rings. The maximum absolute atomic E-state index is 13.7. The van der Waals surface area contributed by atoms with Gasteiger partial charge in [0.15, 0.2) is 5.82 Å². The van der Waals surface area contributed by atoms with Crippen molar-refractivity contribution >= 4 is 29.1 Å². The minimum absolute atomic E-state index is 0.0471. The van der Waals surface area contributed by atoms with Crippen LogP contribution in [-0.4, -0.2) is 16.1 Å². The summed E-state index contributed by atoms with van der Waals surface area (Å²) in [7, 11) is 0. The van der Waals surface area contributed by atoms with Gasteiger partial charge < -0.3 is 10.4 Å². The van der Waals surface area contributed by atoms with Crippen LogP contribution in [0.25, 0.3) is 0 Å². The number of carbonyl (C=O) groups is 1. The minimum atomic E-state index is -1.38. The molecule has 7 heteroatoms. The lowest BCUT2D eigenvalue weighted by molar-refractivity contribution is 0.0697. The summed E-state index contributed by atoms with van der Waals surface area (Å²) in [6, 6.07) is 4.98. The highest BCUT2D eigenvalue weighted by molar-refractivity contribution is 6.31. The second-order valence-electron chi connectivity index (χ2n) is 3.58. The standard InChI is InChI=1S/C12H7ClF2N2O2/c13-8-2-1-3-9(10(8)15)17-11-7(12(18)19)4-6(14)5-16-11/h1-5H,(H,16,17)(H,18,19). The molecule has 0 radical (unpaired) electrons. The molecule has 0 aliphatic carbocycles. The van der Waals surface area contributed by atoms with E-state index in [4.69, 9.17) is 16.7 Å². The highest BCUT2D eigenvalue weighted by atomic mass is 35.5. The van der Waals surface area contributed by atoms with Crippen LogP contribution in [0.3, 0.4) is 0 Å². The Morgan fingerprint density at radius 3 is 2.79 bits per heavy atom. The van der Waals surface area contributed by atoms with Crippen LogP contribution in [0.4, 0.5) is 20.3 Å². The van der Waals surface area contributed by atoms with Crippen molar-refractivity contribution in [3.63, 3.8) is 0 Å². The summed E-state index contributed by atoms with van der Waals surface area (Å²) in [5, 5.41) is 11.3. The molecule has 0 fully saturated rings. The molecule has 0 atom stereocenters. The normalized spacial score (nSPS) is 10.3. The van der Waals surface area contributed by atoms with Crippen molar-refractivity contribution in [2.24, 2.45) is 0 Å². The van der Waals surface area contributed by atoms with E-state index in [1.807, 2.05) is 0 Å². The first-order chi connectivity index (χ1) is 8.99. The zero-order chi connectivity index (χ0) is 14.0. The highest BCUT2D eigenvalue weighted by Gasteiger charge is 2.15. The Morgan fingerprint density at radius 2 is 2.11 bits per heavy atom. The van der Waals surface area contributed by atoms with Gasteiger partial charge in [0.2, 0.25) is 0 Å². The first-order valence-corrected chi connectivity index (χ1v) is 5.46. The molecule has 0 saturated heterocycles. The molecule has 2 aromatic rings. The largest absolute Gasteiger partial charge is 0.478 e. The number of pyridine rings is 1. The van der Waals surface area contributed by atoms with Crippen molar-refractivity contribution in [2.75, 3.05) is 5.32 Å². The number of aromatic nitrogens is 1. The lowest BCUT2D eigenvalue weighted by Crippen LogP contribution is -2.06. The topological polar surface area (TPSA) is 62.2 Å². The summed E-state index contributed by atoms with van der Waals surface area (Å²) in [5.41, 5.74) is -0.450. The number of nitrogens with one attached hydrogen (secondary N) is 1. The SMILES string of the molecule is O=C(O)c1cc(F)cnc1Nc1cccc(Cl)c1F. The van der Waals surface area contributed by atoms with Gasteiger partial charge in [-0.05, 0) is 18.2 Å². The van der Waals surface area contributed by atoms with Crippen LogP contribution < -0.4 is 5.32 Å². The summed E-state index contributed by atoms with van der Waals surface area (Å²) < 4.78 is 26.6. The van der Waals surface area contributed by atoms with Crippen molar-refractivity contribution in [3.8, 4) is 0 Å². The number of nitrogens with zero attached hydrogens (tertiary/aromatic N) is 1. The average molecular weight is 285 g/mol. The molecule has 0 unspecified atom stereocenters. The van der Waals surface area contributed by atoms with E-state index in [1.54, 1.807) is 0 Å². The summed E-state index contributed by atoms with van der Waals surface area (Å²) in [5.74, 6) is -3.09. The summed E-state index contributed by atoms with van der Waals surface area (Å²) in [6.45, 7) is 0. The minimum Gasteiger partial charge on any atom is -0.478 e. The molecule has 0 spiro atoms. The summed E-state index contributed by atoms with van der Waals surface area (Å²) >= 11 is 5.60. The average Bonchev–Trinajstić information content (AvgIpc) is 2.36. The quantitative estimate of drug-likeness (QED) is 0.906. The molecule has 0 amide bonds. The number of benzene rings is 1. The smallest absolute Gasteiger partial charge is 0.339 e. The zero-order valence-corrected chi connectivity index (χ0v) is 10.1. The van der Waals surface area contributed by atoms with E-state index in [-0.39, 0.29) is 16.5 Å². The second kappa shape index (κ2) is 5.19. The molecular formula is C12H7ClF2N2O2. The van der Waals surface area contributed by atoms with E-state index in [2.05, 4.69) is 10.3 Å². The van der Waals surface area contributed by atoms with Gasteiger partial charge in [0.25, 0.3) is 0 Å². The Bertz CT molecular complexity index is 650. The van der Waals surface area contributed by atoms with Gasteiger partial charge in [0.1, 0.15) is 17.2 Å². The third-order valence-electron chi connectivity index (χ3n) is 2.29. The predicted octanol–water partition coefficient (Wildman–Crippen LogP) is 3.46. The van der Waals surface area contributed by atoms with E-state index in [0.29, 0.717) is 0 Å². The van der Waals surface area contributed by atoms with E-state index in [9.17, 15) is 13.6 Å². The Balaban J connectivity index is 2.44. The molecule has 0 saturated carbocycles. The lowest BCUT2D eigenvalue weighted by Gasteiger charge is -2.09. The molecule has 2 rings (SSSR count). The van der Waals surface area contributed by atoms with Crippen molar-refractivity contribution < 1.29 is 18.7 Å². The van der Waals surface area contributed by atoms with E-state index in [0.717, 1.165) is 12.3 Å². The lowest BCUT2D eigenvalue weighted by atomic mass is 10.2. The van der Waals surface area contributed by atoms with Crippen molar-refractivity contribution in [1.29, 1.82) is 0 Å². The monoisotopic (exact) mass is 284 g/mol. The number of anilines is 2. The molecular weight excluding hydrogens is 278 g/mol. The molecule has 1 aromatic heterocycles. The first kappa shape index (κ1) is 13.2. The Labute approximate surface area is 111 Å². The number of hydrogen-bond acceptors (Lipinski definition) is 3. The fourth-order valence-electron chi connectivity index (χ4n) is 1.43. The Kier molecular flexibility index (Phi) is 3.62. The van der Waals surface area contributed by atoms with Gasteiger partial charge in [0, 0.05) is 0 Å². The van der Waals surface area contributed by atoms with Crippen molar-refractivity contribution in [1.82, 2.24) is 4.98 Å². The molecule has 1 heterocycles. The predicted molar refractivity (Wildman–Crippen MR) is 65.8 cm³/mol. The van der Waals surface area contributed by atoms with Crippen molar-refractivity contribution in [2.45, 2.75) is 0 Å². The maximum atomic E-state index is 13.7. The fraction of sp³-hybridized carbons (Fsp3) is 0. The third kappa shape index (κ3) is 2.79. The zero-order valence-electron chi connectivity index (χ0n) is 9.32. The van der Waals surface area contributed by atoms with Crippen LogP contribution in [0.5, 0.6) is 0 Å². The van der Waals surface area contributed by atoms with Gasteiger partial charge in [-0.25, -0.2) is 18.6 Å². The molecule has 0 aliphatic heterocycles. The van der Waals surface area contributed by atoms with E-state index < -0.39 is 23.2 Å². The third-order valence-corrected chi connectivity index (χ3v) is 2.58. The molecule has 1 aromatic carbocycles. The summed E-state index contributed by atoms with van der Waals surface area (Å²) in [4.78, 5) is 14.5. The van der Waals surface area contributed by atoms with Crippen LogP contribution >= 0.6 is 11.6 Å².